The molecule has 1 saturated carbocycles. The number of Topliss-reactive ketones (excluding diaryl/α,β-unsaturated/α-hetero) is 2. The van der Waals surface area contributed by atoms with Gasteiger partial charge in [0.2, 0.25) is 5.78 Å². The maximum Gasteiger partial charge on any atom is 0.255 e. The molecule has 0 saturated heterocycles. The van der Waals surface area contributed by atoms with Gasteiger partial charge in [-0.1, -0.05) is 0 Å². The summed E-state index contributed by atoms with van der Waals surface area (Å²) in [7, 11) is 3.13. The Hall–Kier alpha value is -2.44. The molecule has 6 N–H and O–H groups in total. The second-order valence-corrected chi connectivity index (χ2v) is 9.54. The number of nitrogens with zero attached hydrogens (tertiary/aromatic N) is 1. The summed E-state index contributed by atoms with van der Waals surface area (Å²) >= 11 is 2.07. The Morgan fingerprint density at radius 3 is 2.45 bits per heavy atom. The number of carbonyl (C=O) groups excluding carboxylic acids is 3. The van der Waals surface area contributed by atoms with E-state index in [1.165, 1.54) is 11.0 Å². The second-order valence-electron chi connectivity index (χ2n) is 8.38. The largest absolute Gasteiger partial charge is 0.508 e. The van der Waals surface area contributed by atoms with Crippen LogP contribution in [-0.4, -0.2) is 68.5 Å². The van der Waals surface area contributed by atoms with Crippen LogP contribution in [0.1, 0.15) is 17.5 Å². The maximum absolute atomic E-state index is 13.6. The molecule has 1 aromatic rings. The number of hydrogen-bond acceptors (Lipinski definition) is 8. The molecule has 0 aromatic heterocycles. The zero-order valence-electron chi connectivity index (χ0n) is 16.7. The van der Waals surface area contributed by atoms with Crippen molar-refractivity contribution < 1.29 is 34.8 Å². The first-order valence-corrected chi connectivity index (χ1v) is 10.7. The molecule has 4 atom stereocenters. The summed E-state index contributed by atoms with van der Waals surface area (Å²) in [5, 5.41) is 43.4. The molecule has 1 fully saturated rings. The molecule has 9 nitrogen and oxygen atoms in total. The number of hydrogen-bond donors (Lipinski definition) is 5. The van der Waals surface area contributed by atoms with Gasteiger partial charge in [-0.2, -0.15) is 0 Å². The molecule has 3 aliphatic carbocycles. The number of carbonyl (C=O) groups is 3. The van der Waals surface area contributed by atoms with Crippen molar-refractivity contribution in [1.82, 2.24) is 4.90 Å². The number of fused-ring (bicyclic) bond motifs is 3. The lowest BCUT2D eigenvalue weighted by atomic mass is 9.57. The van der Waals surface area contributed by atoms with E-state index in [9.17, 15) is 34.8 Å². The number of aliphatic hydroxyl groups is 3. The minimum Gasteiger partial charge on any atom is -0.508 e. The van der Waals surface area contributed by atoms with Crippen molar-refractivity contribution in [2.24, 2.45) is 17.6 Å². The van der Waals surface area contributed by atoms with Crippen molar-refractivity contribution in [2.45, 2.75) is 24.5 Å². The normalized spacial score (nSPS) is 30.3. The van der Waals surface area contributed by atoms with Crippen molar-refractivity contribution in [3.8, 4) is 5.75 Å². The summed E-state index contributed by atoms with van der Waals surface area (Å²) in [4.78, 5) is 39.9. The van der Waals surface area contributed by atoms with Crippen LogP contribution in [0.15, 0.2) is 29.0 Å². The Balaban J connectivity index is 1.99. The summed E-state index contributed by atoms with van der Waals surface area (Å²) in [5.41, 5.74) is 2.46. The van der Waals surface area contributed by atoms with Crippen LogP contribution in [-0.2, 0) is 20.8 Å². The van der Waals surface area contributed by atoms with Crippen molar-refractivity contribution in [3.05, 3.63) is 43.7 Å². The maximum atomic E-state index is 13.6. The second kappa shape index (κ2) is 7.04. The first kappa shape index (κ1) is 21.8. The van der Waals surface area contributed by atoms with Crippen LogP contribution >= 0.6 is 22.6 Å². The average molecular weight is 540 g/mol. The number of amides is 1. The molecule has 0 aliphatic heterocycles. The van der Waals surface area contributed by atoms with Gasteiger partial charge < -0.3 is 26.2 Å². The number of likely N-dealkylation sites (N-methyl/N-ethyl adjacent to an activating group) is 1. The molecule has 0 spiro atoms. The third kappa shape index (κ3) is 2.77. The number of benzene rings is 1. The molecule has 10 heteroatoms. The van der Waals surface area contributed by atoms with E-state index in [2.05, 4.69) is 22.6 Å². The van der Waals surface area contributed by atoms with Crippen LogP contribution in [0.3, 0.4) is 0 Å². The lowest BCUT2D eigenvalue weighted by molar-refractivity contribution is -0.153. The predicted molar refractivity (Wildman–Crippen MR) is 117 cm³/mol. The van der Waals surface area contributed by atoms with Gasteiger partial charge in [0.1, 0.15) is 22.8 Å². The number of halogens is 1. The van der Waals surface area contributed by atoms with E-state index < -0.39 is 58.0 Å². The smallest absolute Gasteiger partial charge is 0.255 e. The topological polar surface area (TPSA) is 161 Å². The van der Waals surface area contributed by atoms with Crippen molar-refractivity contribution in [2.75, 3.05) is 14.1 Å². The van der Waals surface area contributed by atoms with Gasteiger partial charge >= 0.3 is 0 Å². The summed E-state index contributed by atoms with van der Waals surface area (Å²) in [6.07, 6.45) is 0.374. The third-order valence-electron chi connectivity index (χ3n) is 6.55. The lowest BCUT2D eigenvalue weighted by Gasteiger charge is -2.50. The minimum atomic E-state index is -2.61. The number of rotatable bonds is 2. The predicted octanol–water partition coefficient (Wildman–Crippen LogP) is 0.569. The van der Waals surface area contributed by atoms with Crippen LogP contribution < -0.4 is 5.73 Å². The van der Waals surface area contributed by atoms with E-state index in [-0.39, 0.29) is 23.3 Å². The Labute approximate surface area is 191 Å². The van der Waals surface area contributed by atoms with Gasteiger partial charge in [0.05, 0.1) is 11.6 Å². The van der Waals surface area contributed by atoms with E-state index in [0.29, 0.717) is 12.0 Å². The Morgan fingerprint density at radius 1 is 1.23 bits per heavy atom. The molecule has 31 heavy (non-hydrogen) atoms. The van der Waals surface area contributed by atoms with Gasteiger partial charge in [0.15, 0.2) is 11.4 Å². The van der Waals surface area contributed by atoms with Crippen LogP contribution in [0.4, 0.5) is 0 Å². The van der Waals surface area contributed by atoms with E-state index >= 15 is 0 Å². The fourth-order valence-corrected chi connectivity index (χ4v) is 5.88. The molecule has 3 aliphatic rings. The molecule has 0 heterocycles. The number of primary amides is 1. The number of aromatic hydroxyl groups is 1. The number of phenols is 1. The fourth-order valence-electron chi connectivity index (χ4n) is 5.21. The summed E-state index contributed by atoms with van der Waals surface area (Å²) < 4.78 is 0.784. The van der Waals surface area contributed by atoms with Gasteiger partial charge in [-0.25, -0.2) is 0 Å². The fraction of sp³-hybridized carbons (Fsp3) is 0.381. The molecular weight excluding hydrogens is 519 g/mol. The summed E-state index contributed by atoms with van der Waals surface area (Å²) in [5.74, 6) is -6.44. The molecule has 1 unspecified atom stereocenters. The number of aliphatic hydroxyl groups excluding tert-OH is 2. The highest BCUT2D eigenvalue weighted by atomic mass is 127. The minimum absolute atomic E-state index is 0.0809. The van der Waals surface area contributed by atoms with Crippen LogP contribution in [0, 0.1) is 15.4 Å². The van der Waals surface area contributed by atoms with Crippen molar-refractivity contribution in [3.63, 3.8) is 0 Å². The van der Waals surface area contributed by atoms with E-state index in [1.54, 1.807) is 20.2 Å². The highest BCUT2D eigenvalue weighted by Gasteiger charge is 2.64. The molecule has 1 amide bonds. The van der Waals surface area contributed by atoms with Crippen molar-refractivity contribution in [1.29, 1.82) is 0 Å². The van der Waals surface area contributed by atoms with E-state index in [1.807, 2.05) is 0 Å². The van der Waals surface area contributed by atoms with Gasteiger partial charge in [-0.05, 0) is 73.1 Å². The first-order valence-electron chi connectivity index (χ1n) is 9.58. The monoisotopic (exact) mass is 540 g/mol. The Kier molecular flexibility index (Phi) is 4.94. The van der Waals surface area contributed by atoms with Crippen LogP contribution in [0.25, 0.3) is 5.76 Å². The lowest BCUT2D eigenvalue weighted by Crippen LogP contribution is -2.65. The standard InChI is InChI=1S/C21H21IN2O7/c1-24(2)15-9-6-7-5-8-10(22)3-4-11(25)13(8)16(26)12(7)18(28)21(9,31)19(29)14(17(15)27)20(23)30/h3-4,7,9,15,25-26,29,31H,5-6H2,1-2H3,(H2,23,30)/t7-,9-,15-,21?/m0/s1. The molecule has 164 valence electrons. The number of phenolic OH excluding ortho intramolecular Hbond substituents is 1. The Morgan fingerprint density at radius 2 is 1.87 bits per heavy atom. The molecule has 0 bridgehead atoms. The van der Waals surface area contributed by atoms with Crippen molar-refractivity contribution >= 4 is 45.8 Å². The SMILES string of the molecule is CN(C)[C@@H]1C(=O)C(C(N)=O)=C(O)C2(O)C(=O)C3=C(O)c4c(O)ccc(I)c4C[C@H]3C[C@@H]12. The zero-order valence-corrected chi connectivity index (χ0v) is 18.9. The first-order chi connectivity index (χ1) is 14.4. The summed E-state index contributed by atoms with van der Waals surface area (Å²) in [6.45, 7) is 0. The van der Waals surface area contributed by atoms with Gasteiger partial charge in [0, 0.05) is 15.1 Å². The number of nitrogens with two attached hydrogens (primary N) is 1. The summed E-state index contributed by atoms with van der Waals surface area (Å²) in [6, 6.07) is 2.00. The quantitative estimate of drug-likeness (QED) is 0.269. The average Bonchev–Trinajstić information content (AvgIpc) is 2.67. The molecule has 1 aromatic carbocycles. The zero-order chi connectivity index (χ0) is 23.0. The number of ketones is 2. The Bertz CT molecular complexity index is 1120. The molecule has 4 rings (SSSR count). The van der Waals surface area contributed by atoms with Crippen LogP contribution in [0.2, 0.25) is 0 Å². The third-order valence-corrected chi connectivity index (χ3v) is 7.56. The molecule has 0 radical (unpaired) electrons. The van der Waals surface area contributed by atoms with Gasteiger partial charge in [-0.3, -0.25) is 19.3 Å². The van der Waals surface area contributed by atoms with E-state index in [4.69, 9.17) is 5.73 Å². The highest BCUT2D eigenvalue weighted by molar-refractivity contribution is 14.1. The molecular formula is C21H21IN2O7. The van der Waals surface area contributed by atoms with Gasteiger partial charge in [-0.15, -0.1) is 0 Å². The van der Waals surface area contributed by atoms with E-state index in [0.717, 1.165) is 3.57 Å². The van der Waals surface area contributed by atoms with Gasteiger partial charge in [0.25, 0.3) is 5.91 Å². The highest BCUT2D eigenvalue weighted by Crippen LogP contribution is 2.52. The van der Waals surface area contributed by atoms with Crippen LogP contribution in [0.5, 0.6) is 5.75 Å².